The molecule has 2 aromatic heterocycles. The van der Waals surface area contributed by atoms with Crippen molar-refractivity contribution < 1.29 is 22.8 Å². The van der Waals surface area contributed by atoms with Gasteiger partial charge in [-0.2, -0.15) is 13.2 Å². The lowest BCUT2D eigenvalue weighted by Gasteiger charge is -2.02. The summed E-state index contributed by atoms with van der Waals surface area (Å²) in [5, 5.41) is 0. The van der Waals surface area contributed by atoms with Crippen molar-refractivity contribution in [2.24, 2.45) is 5.73 Å². The van der Waals surface area contributed by atoms with Gasteiger partial charge in [0.2, 0.25) is 5.82 Å². The molecule has 0 atom stereocenters. The SMILES string of the molecule is NC(=O)c1nc(C(=O)C(F)(F)F)c2ccccn12. The molecular weight excluding hydrogens is 251 g/mol. The van der Waals surface area contributed by atoms with Crippen LogP contribution in [0.4, 0.5) is 13.2 Å². The van der Waals surface area contributed by atoms with Gasteiger partial charge < -0.3 is 5.73 Å². The summed E-state index contributed by atoms with van der Waals surface area (Å²) in [6.45, 7) is 0. The van der Waals surface area contributed by atoms with Gasteiger partial charge in [-0.15, -0.1) is 0 Å². The van der Waals surface area contributed by atoms with Crippen molar-refractivity contribution in [3.8, 4) is 0 Å². The first-order chi connectivity index (χ1) is 8.32. The Morgan fingerprint density at radius 2 is 1.94 bits per heavy atom. The number of carbonyl (C=O) groups excluding carboxylic acids is 2. The van der Waals surface area contributed by atoms with Crippen LogP contribution in [0.2, 0.25) is 0 Å². The number of imidazole rings is 1. The highest BCUT2D eigenvalue weighted by Gasteiger charge is 2.42. The highest BCUT2D eigenvalue weighted by atomic mass is 19.4. The van der Waals surface area contributed by atoms with Crippen LogP contribution >= 0.6 is 0 Å². The molecule has 0 fully saturated rings. The normalized spacial score (nSPS) is 11.7. The third-order valence-electron chi connectivity index (χ3n) is 2.24. The van der Waals surface area contributed by atoms with Gasteiger partial charge in [0.25, 0.3) is 11.7 Å². The van der Waals surface area contributed by atoms with Crippen molar-refractivity contribution in [3.63, 3.8) is 0 Å². The molecule has 2 aromatic rings. The van der Waals surface area contributed by atoms with Crippen LogP contribution in [0.1, 0.15) is 21.1 Å². The van der Waals surface area contributed by atoms with E-state index in [1.807, 2.05) is 0 Å². The number of nitrogens with zero attached hydrogens (tertiary/aromatic N) is 2. The first kappa shape index (κ1) is 12.1. The van der Waals surface area contributed by atoms with E-state index in [0.717, 1.165) is 4.40 Å². The highest BCUT2D eigenvalue weighted by Crippen LogP contribution is 2.24. The zero-order valence-electron chi connectivity index (χ0n) is 8.73. The molecule has 1 amide bonds. The first-order valence-corrected chi connectivity index (χ1v) is 4.71. The second kappa shape index (κ2) is 3.83. The standard InChI is InChI=1S/C10H6F3N3O2/c11-10(12,13)7(17)6-5-3-1-2-4-16(5)9(15-6)8(14)18/h1-4H,(H2,14,18). The molecule has 0 saturated carbocycles. The molecule has 5 nitrogen and oxygen atoms in total. The summed E-state index contributed by atoms with van der Waals surface area (Å²) in [4.78, 5) is 25.6. The number of carbonyl (C=O) groups is 2. The van der Waals surface area contributed by atoms with Crippen LogP contribution < -0.4 is 5.73 Å². The number of nitrogens with two attached hydrogens (primary N) is 1. The number of Topliss-reactive ketones (excluding diaryl/α,β-unsaturated/α-hetero) is 1. The smallest absolute Gasteiger partial charge is 0.363 e. The summed E-state index contributed by atoms with van der Waals surface area (Å²) in [6.07, 6.45) is -3.75. The molecule has 0 saturated heterocycles. The van der Waals surface area contributed by atoms with Gasteiger partial charge in [0, 0.05) is 6.20 Å². The van der Waals surface area contributed by atoms with Crippen LogP contribution in [0, 0.1) is 0 Å². The lowest BCUT2D eigenvalue weighted by molar-refractivity contribution is -0.0887. The summed E-state index contributed by atoms with van der Waals surface area (Å²) in [5.41, 5.74) is 4.03. The van der Waals surface area contributed by atoms with Crippen molar-refractivity contribution in [3.05, 3.63) is 35.9 Å². The van der Waals surface area contributed by atoms with E-state index in [4.69, 9.17) is 5.73 Å². The average molecular weight is 257 g/mol. The molecule has 0 radical (unpaired) electrons. The number of amides is 1. The molecule has 0 spiro atoms. The molecule has 0 aliphatic carbocycles. The minimum Gasteiger partial charge on any atom is -0.363 e. The van der Waals surface area contributed by atoms with Crippen LogP contribution in [-0.4, -0.2) is 27.3 Å². The Bertz CT molecular complexity index is 645. The molecule has 2 N–H and O–H groups in total. The van der Waals surface area contributed by atoms with Gasteiger partial charge in [-0.05, 0) is 12.1 Å². The summed E-state index contributed by atoms with van der Waals surface area (Å²) in [5.74, 6) is -3.55. The number of halogens is 3. The summed E-state index contributed by atoms with van der Waals surface area (Å²) in [6, 6.07) is 4.15. The Labute approximate surface area is 98.0 Å². The Hall–Kier alpha value is -2.38. The molecule has 0 aliphatic rings. The maximum atomic E-state index is 12.4. The molecule has 2 heterocycles. The van der Waals surface area contributed by atoms with Gasteiger partial charge in [0.05, 0.1) is 5.52 Å². The monoisotopic (exact) mass is 257 g/mol. The molecule has 8 heteroatoms. The summed E-state index contributed by atoms with van der Waals surface area (Å²) < 4.78 is 38.1. The Morgan fingerprint density at radius 3 is 2.50 bits per heavy atom. The summed E-state index contributed by atoms with van der Waals surface area (Å²) in [7, 11) is 0. The number of primary amides is 1. The predicted octanol–water partition coefficient (Wildman–Crippen LogP) is 1.18. The van der Waals surface area contributed by atoms with Crippen LogP contribution in [-0.2, 0) is 0 Å². The van der Waals surface area contributed by atoms with E-state index in [0.29, 0.717) is 0 Å². The number of hydrogen-bond donors (Lipinski definition) is 1. The van der Waals surface area contributed by atoms with Crippen LogP contribution in [0.5, 0.6) is 0 Å². The topological polar surface area (TPSA) is 77.5 Å². The molecule has 0 bridgehead atoms. The van der Waals surface area contributed by atoms with Crippen LogP contribution in [0.15, 0.2) is 24.4 Å². The highest BCUT2D eigenvalue weighted by molar-refractivity contribution is 6.05. The van der Waals surface area contributed by atoms with Crippen molar-refractivity contribution in [2.45, 2.75) is 6.18 Å². The average Bonchev–Trinajstić information content (AvgIpc) is 2.66. The second-order valence-electron chi connectivity index (χ2n) is 3.43. The van der Waals surface area contributed by atoms with Gasteiger partial charge >= 0.3 is 6.18 Å². The minimum atomic E-state index is -5.06. The minimum absolute atomic E-state index is 0.117. The van der Waals surface area contributed by atoms with Crippen molar-refractivity contribution >= 4 is 17.2 Å². The van der Waals surface area contributed by atoms with Gasteiger partial charge in [0.1, 0.15) is 5.69 Å². The van der Waals surface area contributed by atoms with Crippen molar-refractivity contribution in [2.75, 3.05) is 0 Å². The van der Waals surface area contributed by atoms with Crippen LogP contribution in [0.25, 0.3) is 5.52 Å². The van der Waals surface area contributed by atoms with Crippen molar-refractivity contribution in [1.82, 2.24) is 9.38 Å². The zero-order valence-corrected chi connectivity index (χ0v) is 8.73. The van der Waals surface area contributed by atoms with E-state index < -0.39 is 29.4 Å². The number of ketones is 1. The fraction of sp³-hybridized carbons (Fsp3) is 0.100. The number of fused-ring (bicyclic) bond motifs is 1. The number of aromatic nitrogens is 2. The molecular formula is C10H6F3N3O2. The molecule has 94 valence electrons. The third-order valence-corrected chi connectivity index (χ3v) is 2.24. The van der Waals surface area contributed by atoms with E-state index in [2.05, 4.69) is 4.98 Å². The molecule has 18 heavy (non-hydrogen) atoms. The van der Waals surface area contributed by atoms with E-state index in [-0.39, 0.29) is 5.52 Å². The number of pyridine rings is 1. The lowest BCUT2D eigenvalue weighted by atomic mass is 10.2. The number of rotatable bonds is 2. The molecule has 0 aromatic carbocycles. The van der Waals surface area contributed by atoms with Gasteiger partial charge in [-0.1, -0.05) is 6.07 Å². The largest absolute Gasteiger partial charge is 0.456 e. The molecule has 0 unspecified atom stereocenters. The van der Waals surface area contributed by atoms with E-state index >= 15 is 0 Å². The van der Waals surface area contributed by atoms with E-state index in [9.17, 15) is 22.8 Å². The zero-order chi connectivity index (χ0) is 13.5. The first-order valence-electron chi connectivity index (χ1n) is 4.71. The Morgan fingerprint density at radius 1 is 1.28 bits per heavy atom. The van der Waals surface area contributed by atoms with Gasteiger partial charge in [-0.3, -0.25) is 14.0 Å². The maximum absolute atomic E-state index is 12.4. The second-order valence-corrected chi connectivity index (χ2v) is 3.43. The summed E-state index contributed by atoms with van der Waals surface area (Å²) >= 11 is 0. The Kier molecular flexibility index (Phi) is 2.57. The van der Waals surface area contributed by atoms with E-state index in [1.54, 1.807) is 0 Å². The van der Waals surface area contributed by atoms with Gasteiger partial charge in [0.15, 0.2) is 0 Å². The van der Waals surface area contributed by atoms with E-state index in [1.165, 1.54) is 24.4 Å². The number of hydrogen-bond acceptors (Lipinski definition) is 3. The predicted molar refractivity (Wildman–Crippen MR) is 54.1 cm³/mol. The maximum Gasteiger partial charge on any atom is 0.456 e. The third kappa shape index (κ3) is 1.81. The Balaban J connectivity index is 2.73. The van der Waals surface area contributed by atoms with Gasteiger partial charge in [-0.25, -0.2) is 4.98 Å². The lowest BCUT2D eigenvalue weighted by Crippen LogP contribution is -2.23. The number of alkyl halides is 3. The fourth-order valence-electron chi connectivity index (χ4n) is 1.51. The molecule has 2 rings (SSSR count). The quantitative estimate of drug-likeness (QED) is 0.820. The fourth-order valence-corrected chi connectivity index (χ4v) is 1.51. The molecule has 0 aliphatic heterocycles. The van der Waals surface area contributed by atoms with Crippen molar-refractivity contribution in [1.29, 1.82) is 0 Å². The van der Waals surface area contributed by atoms with Crippen LogP contribution in [0.3, 0.4) is 0 Å².